The lowest BCUT2D eigenvalue weighted by molar-refractivity contribution is 0.485. The Labute approximate surface area is 136 Å². The van der Waals surface area contributed by atoms with Crippen LogP contribution in [0.3, 0.4) is 0 Å². The molecule has 2 aromatic heterocycles. The van der Waals surface area contributed by atoms with Crippen LogP contribution in [0.1, 0.15) is 16.9 Å². The summed E-state index contributed by atoms with van der Waals surface area (Å²) in [5, 5.41) is 9.74. The number of aliphatic imine (C=N–C) groups is 1. The van der Waals surface area contributed by atoms with E-state index in [0.29, 0.717) is 0 Å². The Hall–Kier alpha value is -1.82. The Morgan fingerprint density at radius 1 is 1.45 bits per heavy atom. The summed E-state index contributed by atoms with van der Waals surface area (Å²) in [4.78, 5) is 7.95. The fourth-order valence-electron chi connectivity index (χ4n) is 2.32. The predicted octanol–water partition coefficient (Wildman–Crippen LogP) is 2.16. The molecule has 0 aliphatic rings. The van der Waals surface area contributed by atoms with Crippen LogP contribution in [0.25, 0.3) is 0 Å². The molecule has 2 rings (SSSR count). The topological polar surface area (TPSA) is 45.5 Å². The van der Waals surface area contributed by atoms with E-state index in [9.17, 15) is 0 Å². The number of aromatic nitrogens is 2. The number of thiophene rings is 1. The van der Waals surface area contributed by atoms with Crippen molar-refractivity contribution in [1.82, 2.24) is 20.0 Å². The highest BCUT2D eigenvalue weighted by Gasteiger charge is 2.06. The van der Waals surface area contributed by atoms with Crippen molar-refractivity contribution in [1.29, 1.82) is 0 Å². The van der Waals surface area contributed by atoms with Gasteiger partial charge in [-0.15, -0.1) is 11.3 Å². The molecule has 1 N–H and O–H groups in total. The maximum absolute atomic E-state index is 4.35. The zero-order valence-electron chi connectivity index (χ0n) is 13.6. The molecule has 0 unspecified atom stereocenters. The van der Waals surface area contributed by atoms with Crippen LogP contribution < -0.4 is 5.32 Å². The first-order valence-corrected chi connectivity index (χ1v) is 8.48. The lowest BCUT2D eigenvalue weighted by atomic mass is 10.2. The van der Waals surface area contributed by atoms with Gasteiger partial charge in [0.2, 0.25) is 0 Å². The number of rotatable bonds is 7. The molecule has 0 fully saturated rings. The zero-order chi connectivity index (χ0) is 15.8. The molecule has 0 aliphatic heterocycles. The van der Waals surface area contributed by atoms with E-state index in [-0.39, 0.29) is 0 Å². The lowest BCUT2D eigenvalue weighted by Gasteiger charge is -2.21. The molecule has 120 valence electrons. The average molecular weight is 319 g/mol. The highest BCUT2D eigenvalue weighted by Crippen LogP contribution is 2.09. The van der Waals surface area contributed by atoms with E-state index < -0.39 is 0 Å². The first-order chi connectivity index (χ1) is 10.7. The van der Waals surface area contributed by atoms with Gasteiger partial charge in [0, 0.05) is 45.3 Å². The number of guanidine groups is 1. The maximum atomic E-state index is 4.35. The third-order valence-electron chi connectivity index (χ3n) is 3.53. The van der Waals surface area contributed by atoms with E-state index in [2.05, 4.69) is 51.1 Å². The van der Waals surface area contributed by atoms with Crippen LogP contribution in [-0.4, -0.2) is 47.8 Å². The van der Waals surface area contributed by atoms with E-state index >= 15 is 0 Å². The molecule has 0 bridgehead atoms. The molecule has 5 nitrogen and oxygen atoms in total. The van der Waals surface area contributed by atoms with E-state index in [0.717, 1.165) is 38.3 Å². The number of nitrogens with one attached hydrogen (secondary N) is 1. The van der Waals surface area contributed by atoms with Crippen LogP contribution in [0.15, 0.2) is 34.9 Å². The summed E-state index contributed by atoms with van der Waals surface area (Å²) < 4.78 is 1.85. The fourth-order valence-corrected chi connectivity index (χ4v) is 3.02. The number of hydrogen-bond acceptors (Lipinski definition) is 3. The molecule has 0 radical (unpaired) electrons. The Morgan fingerprint density at radius 2 is 2.32 bits per heavy atom. The van der Waals surface area contributed by atoms with Gasteiger partial charge in [-0.1, -0.05) is 6.07 Å². The van der Waals surface area contributed by atoms with Gasteiger partial charge in [-0.2, -0.15) is 5.10 Å². The van der Waals surface area contributed by atoms with Crippen molar-refractivity contribution in [3.8, 4) is 0 Å². The van der Waals surface area contributed by atoms with E-state index in [1.54, 1.807) is 0 Å². The van der Waals surface area contributed by atoms with Crippen LogP contribution in [0.2, 0.25) is 0 Å². The van der Waals surface area contributed by atoms with Crippen LogP contribution in [0.4, 0.5) is 0 Å². The van der Waals surface area contributed by atoms with Gasteiger partial charge in [0.15, 0.2) is 5.96 Å². The van der Waals surface area contributed by atoms with Crippen molar-refractivity contribution < 1.29 is 0 Å². The molecule has 0 aromatic carbocycles. The van der Waals surface area contributed by atoms with E-state index in [4.69, 9.17) is 0 Å². The molecular formula is C16H25N5S. The Bertz CT molecular complexity index is 573. The Balaban J connectivity index is 1.67. The van der Waals surface area contributed by atoms with Gasteiger partial charge in [0.1, 0.15) is 0 Å². The highest BCUT2D eigenvalue weighted by atomic mass is 32.1. The molecule has 0 aliphatic carbocycles. The van der Waals surface area contributed by atoms with Gasteiger partial charge in [0.25, 0.3) is 0 Å². The van der Waals surface area contributed by atoms with E-state index in [1.165, 1.54) is 10.4 Å². The molecule has 0 atom stereocenters. The first-order valence-electron chi connectivity index (χ1n) is 7.60. The van der Waals surface area contributed by atoms with Crippen LogP contribution >= 0.6 is 11.3 Å². The molecule has 2 aromatic rings. The summed E-state index contributed by atoms with van der Waals surface area (Å²) in [5.41, 5.74) is 1.28. The van der Waals surface area contributed by atoms with Crippen molar-refractivity contribution in [2.24, 2.45) is 12.0 Å². The van der Waals surface area contributed by atoms with Crippen LogP contribution in [-0.2, 0) is 19.9 Å². The normalized spacial score (nSPS) is 11.7. The smallest absolute Gasteiger partial charge is 0.193 e. The minimum Gasteiger partial charge on any atom is -0.356 e. The summed E-state index contributed by atoms with van der Waals surface area (Å²) in [6.07, 6.45) is 7.18. The second-order valence-corrected chi connectivity index (χ2v) is 6.38. The first kappa shape index (κ1) is 16.5. The standard InChI is InChI=1S/C16H25N5S/c1-17-16(20(2)10-8-15-7-5-11-22-15)18-9-4-6-14-12-19-21(3)13-14/h5,7,11-13H,4,6,8-10H2,1-3H3,(H,17,18). The quantitative estimate of drug-likeness (QED) is 0.483. The van der Waals surface area contributed by atoms with Gasteiger partial charge in [-0.05, 0) is 36.3 Å². The van der Waals surface area contributed by atoms with Crippen LogP contribution in [0.5, 0.6) is 0 Å². The van der Waals surface area contributed by atoms with Crippen LogP contribution in [0, 0.1) is 0 Å². The molecule has 0 amide bonds. The van der Waals surface area contributed by atoms with Crippen molar-refractivity contribution in [3.05, 3.63) is 40.3 Å². The Kier molecular flexibility index (Phi) is 6.45. The highest BCUT2D eigenvalue weighted by molar-refractivity contribution is 7.09. The third-order valence-corrected chi connectivity index (χ3v) is 4.47. The Morgan fingerprint density at radius 3 is 2.95 bits per heavy atom. The average Bonchev–Trinajstić information content (AvgIpc) is 3.16. The largest absolute Gasteiger partial charge is 0.356 e. The number of likely N-dealkylation sites (N-methyl/N-ethyl adjacent to an activating group) is 1. The second-order valence-electron chi connectivity index (χ2n) is 5.35. The molecule has 2 heterocycles. The van der Waals surface area contributed by atoms with Crippen molar-refractivity contribution >= 4 is 17.3 Å². The molecule has 0 saturated carbocycles. The van der Waals surface area contributed by atoms with Gasteiger partial charge >= 0.3 is 0 Å². The van der Waals surface area contributed by atoms with Gasteiger partial charge in [-0.25, -0.2) is 0 Å². The number of hydrogen-bond donors (Lipinski definition) is 1. The number of aryl methyl sites for hydroxylation is 2. The van der Waals surface area contributed by atoms with Gasteiger partial charge < -0.3 is 10.2 Å². The molecule has 22 heavy (non-hydrogen) atoms. The molecule has 0 spiro atoms. The van der Waals surface area contributed by atoms with Crippen molar-refractivity contribution in [3.63, 3.8) is 0 Å². The summed E-state index contributed by atoms with van der Waals surface area (Å²) in [6.45, 7) is 1.90. The van der Waals surface area contributed by atoms with Gasteiger partial charge in [-0.3, -0.25) is 9.67 Å². The van der Waals surface area contributed by atoms with E-state index in [1.807, 2.05) is 36.3 Å². The van der Waals surface area contributed by atoms with Crippen molar-refractivity contribution in [2.75, 3.05) is 27.2 Å². The summed E-state index contributed by atoms with van der Waals surface area (Å²) in [7, 11) is 5.88. The summed E-state index contributed by atoms with van der Waals surface area (Å²) >= 11 is 1.81. The minimum atomic E-state index is 0.922. The summed E-state index contributed by atoms with van der Waals surface area (Å²) in [6, 6.07) is 4.29. The molecule has 6 heteroatoms. The van der Waals surface area contributed by atoms with Gasteiger partial charge in [0.05, 0.1) is 6.20 Å². The minimum absolute atomic E-state index is 0.922. The second kappa shape index (κ2) is 8.58. The summed E-state index contributed by atoms with van der Waals surface area (Å²) in [5.74, 6) is 0.961. The maximum Gasteiger partial charge on any atom is 0.193 e. The predicted molar refractivity (Wildman–Crippen MR) is 93.5 cm³/mol. The number of nitrogens with zero attached hydrogens (tertiary/aromatic N) is 4. The monoisotopic (exact) mass is 319 g/mol. The third kappa shape index (κ3) is 5.18. The SMILES string of the molecule is CN=C(NCCCc1cnn(C)c1)N(C)CCc1cccs1. The molecular weight excluding hydrogens is 294 g/mol. The fraction of sp³-hybridized carbons (Fsp3) is 0.500. The van der Waals surface area contributed by atoms with Crippen molar-refractivity contribution in [2.45, 2.75) is 19.3 Å². The zero-order valence-corrected chi connectivity index (χ0v) is 14.4. The molecule has 0 saturated heterocycles. The lowest BCUT2D eigenvalue weighted by Crippen LogP contribution is -2.40.